The summed E-state index contributed by atoms with van der Waals surface area (Å²) in [5, 5.41) is 13.6. The Labute approximate surface area is 124 Å². The van der Waals surface area contributed by atoms with Crippen LogP contribution in [0.3, 0.4) is 0 Å². The SMILES string of the molecule is CC(c1nc(C(C)(C)C)c(C(=O)O)s1)N1CCNCC1. The predicted octanol–water partition coefficient (Wildman–Crippen LogP) is 2.10. The van der Waals surface area contributed by atoms with Crippen LogP contribution in [0, 0.1) is 0 Å². The van der Waals surface area contributed by atoms with E-state index in [1.807, 2.05) is 20.8 Å². The molecule has 2 rings (SSSR count). The first kappa shape index (κ1) is 15.4. The van der Waals surface area contributed by atoms with Crippen molar-refractivity contribution in [2.75, 3.05) is 26.2 Å². The average molecular weight is 297 g/mol. The van der Waals surface area contributed by atoms with E-state index in [0.717, 1.165) is 31.2 Å². The highest BCUT2D eigenvalue weighted by Gasteiger charge is 2.30. The average Bonchev–Trinajstić information content (AvgIpc) is 2.84. The lowest BCUT2D eigenvalue weighted by atomic mass is 9.91. The molecule has 0 spiro atoms. The molecule has 1 aromatic rings. The summed E-state index contributed by atoms with van der Waals surface area (Å²) in [6.45, 7) is 12.1. The standard InChI is InChI=1S/C14H23N3O2S/c1-9(17-7-5-15-6-8-17)12-16-11(14(2,3)4)10(20-12)13(18)19/h9,15H,5-8H2,1-4H3,(H,18,19). The number of aromatic carboxylic acids is 1. The zero-order valence-electron chi connectivity index (χ0n) is 12.6. The lowest BCUT2D eigenvalue weighted by Crippen LogP contribution is -2.44. The summed E-state index contributed by atoms with van der Waals surface area (Å²) in [7, 11) is 0. The number of thiazole rings is 1. The van der Waals surface area contributed by atoms with Gasteiger partial charge in [0, 0.05) is 31.6 Å². The Morgan fingerprint density at radius 1 is 1.40 bits per heavy atom. The van der Waals surface area contributed by atoms with Gasteiger partial charge in [0.15, 0.2) is 0 Å². The molecular weight excluding hydrogens is 274 g/mol. The van der Waals surface area contributed by atoms with Crippen LogP contribution in [0.1, 0.15) is 54.1 Å². The van der Waals surface area contributed by atoms with E-state index in [0.29, 0.717) is 10.6 Å². The fourth-order valence-electron chi connectivity index (χ4n) is 2.39. The molecule has 1 aliphatic rings. The lowest BCUT2D eigenvalue weighted by molar-refractivity contribution is 0.0699. The van der Waals surface area contributed by atoms with E-state index < -0.39 is 5.97 Å². The molecule has 0 aromatic carbocycles. The molecule has 2 heterocycles. The second-order valence-corrected chi connectivity index (χ2v) is 7.28. The van der Waals surface area contributed by atoms with E-state index in [4.69, 9.17) is 0 Å². The van der Waals surface area contributed by atoms with Crippen molar-refractivity contribution in [3.05, 3.63) is 15.6 Å². The second kappa shape index (κ2) is 5.79. The highest BCUT2D eigenvalue weighted by molar-refractivity contribution is 7.13. The maximum absolute atomic E-state index is 11.4. The van der Waals surface area contributed by atoms with E-state index >= 15 is 0 Å². The van der Waals surface area contributed by atoms with Crippen LogP contribution < -0.4 is 5.32 Å². The van der Waals surface area contributed by atoms with Gasteiger partial charge in [0.2, 0.25) is 0 Å². The molecule has 0 bridgehead atoms. The minimum absolute atomic E-state index is 0.177. The van der Waals surface area contributed by atoms with Gasteiger partial charge >= 0.3 is 5.97 Å². The van der Waals surface area contributed by atoms with Crippen LogP contribution in [-0.2, 0) is 5.41 Å². The summed E-state index contributed by atoms with van der Waals surface area (Å²) in [5.74, 6) is -0.869. The van der Waals surface area contributed by atoms with Crippen molar-refractivity contribution in [3.8, 4) is 0 Å². The summed E-state index contributed by atoms with van der Waals surface area (Å²) in [5.41, 5.74) is 0.457. The first-order valence-electron chi connectivity index (χ1n) is 7.00. The van der Waals surface area contributed by atoms with Gasteiger partial charge in [0.05, 0.1) is 11.7 Å². The molecule has 6 heteroatoms. The molecule has 1 aromatic heterocycles. The zero-order valence-corrected chi connectivity index (χ0v) is 13.4. The fourth-order valence-corrected chi connectivity index (χ4v) is 3.60. The molecule has 1 aliphatic heterocycles. The normalized spacial score (nSPS) is 19.0. The number of rotatable bonds is 3. The molecule has 0 aliphatic carbocycles. The number of hydrogen-bond donors (Lipinski definition) is 2. The number of carboxylic acid groups (broad SMARTS) is 1. The van der Waals surface area contributed by atoms with Gasteiger partial charge in [-0.3, -0.25) is 4.90 Å². The smallest absolute Gasteiger partial charge is 0.347 e. The maximum atomic E-state index is 11.4. The number of hydrogen-bond acceptors (Lipinski definition) is 5. The molecule has 2 N–H and O–H groups in total. The molecule has 20 heavy (non-hydrogen) atoms. The van der Waals surface area contributed by atoms with Gasteiger partial charge < -0.3 is 10.4 Å². The summed E-state index contributed by atoms with van der Waals surface area (Å²) in [6.07, 6.45) is 0. The van der Waals surface area contributed by atoms with Crippen LogP contribution in [-0.4, -0.2) is 47.1 Å². The van der Waals surface area contributed by atoms with E-state index in [-0.39, 0.29) is 11.5 Å². The number of nitrogens with one attached hydrogen (secondary N) is 1. The Morgan fingerprint density at radius 3 is 2.45 bits per heavy atom. The van der Waals surface area contributed by atoms with Crippen molar-refractivity contribution in [2.45, 2.75) is 39.2 Å². The van der Waals surface area contributed by atoms with Crippen LogP contribution >= 0.6 is 11.3 Å². The van der Waals surface area contributed by atoms with Crippen molar-refractivity contribution in [2.24, 2.45) is 0 Å². The fraction of sp³-hybridized carbons (Fsp3) is 0.714. The molecular formula is C14H23N3O2S. The Kier molecular flexibility index (Phi) is 4.46. The topological polar surface area (TPSA) is 65.5 Å². The van der Waals surface area contributed by atoms with Crippen LogP contribution in [0.5, 0.6) is 0 Å². The summed E-state index contributed by atoms with van der Waals surface area (Å²) < 4.78 is 0. The molecule has 112 valence electrons. The lowest BCUT2D eigenvalue weighted by Gasteiger charge is -2.31. The molecule has 0 amide bonds. The van der Waals surface area contributed by atoms with Crippen molar-refractivity contribution in [3.63, 3.8) is 0 Å². The van der Waals surface area contributed by atoms with Gasteiger partial charge in [0.1, 0.15) is 9.88 Å². The third-order valence-electron chi connectivity index (χ3n) is 3.61. The van der Waals surface area contributed by atoms with Gasteiger partial charge in [-0.1, -0.05) is 20.8 Å². The van der Waals surface area contributed by atoms with Crippen LogP contribution in [0.25, 0.3) is 0 Å². The van der Waals surface area contributed by atoms with Gasteiger partial charge in [-0.2, -0.15) is 0 Å². The van der Waals surface area contributed by atoms with Crippen LogP contribution in [0.4, 0.5) is 0 Å². The quantitative estimate of drug-likeness (QED) is 0.894. The first-order valence-corrected chi connectivity index (χ1v) is 7.81. The van der Waals surface area contributed by atoms with Crippen molar-refractivity contribution < 1.29 is 9.90 Å². The van der Waals surface area contributed by atoms with Crippen LogP contribution in [0.15, 0.2) is 0 Å². The maximum Gasteiger partial charge on any atom is 0.347 e. The third-order valence-corrected chi connectivity index (χ3v) is 4.82. The van der Waals surface area contributed by atoms with Crippen molar-refractivity contribution in [1.82, 2.24) is 15.2 Å². The minimum atomic E-state index is -0.869. The zero-order chi connectivity index (χ0) is 14.9. The summed E-state index contributed by atoms with van der Waals surface area (Å²) in [6, 6.07) is 0.177. The number of nitrogens with zero attached hydrogens (tertiary/aromatic N) is 2. The van der Waals surface area contributed by atoms with Gasteiger partial charge in [-0.25, -0.2) is 9.78 Å². The predicted molar refractivity (Wildman–Crippen MR) is 80.6 cm³/mol. The molecule has 1 fully saturated rings. The third kappa shape index (κ3) is 3.19. The highest BCUT2D eigenvalue weighted by Crippen LogP contribution is 2.33. The number of aromatic nitrogens is 1. The summed E-state index contributed by atoms with van der Waals surface area (Å²) >= 11 is 1.32. The van der Waals surface area contributed by atoms with Gasteiger partial charge in [-0.05, 0) is 6.92 Å². The number of piperazine rings is 1. The molecule has 1 atom stereocenters. The van der Waals surface area contributed by atoms with E-state index in [1.165, 1.54) is 11.3 Å². The molecule has 1 saturated heterocycles. The van der Waals surface area contributed by atoms with Gasteiger partial charge in [0.25, 0.3) is 0 Å². The highest BCUT2D eigenvalue weighted by atomic mass is 32.1. The molecule has 1 unspecified atom stereocenters. The van der Waals surface area contributed by atoms with E-state index in [1.54, 1.807) is 0 Å². The monoisotopic (exact) mass is 297 g/mol. The Balaban J connectivity index is 2.30. The van der Waals surface area contributed by atoms with Crippen molar-refractivity contribution >= 4 is 17.3 Å². The second-order valence-electron chi connectivity index (χ2n) is 6.25. The summed E-state index contributed by atoms with van der Waals surface area (Å²) in [4.78, 5) is 18.8. The Morgan fingerprint density at radius 2 is 2.00 bits per heavy atom. The van der Waals surface area contributed by atoms with Gasteiger partial charge in [-0.15, -0.1) is 11.3 Å². The number of carbonyl (C=O) groups is 1. The van der Waals surface area contributed by atoms with E-state index in [2.05, 4.69) is 22.1 Å². The van der Waals surface area contributed by atoms with Crippen LogP contribution in [0.2, 0.25) is 0 Å². The molecule has 0 saturated carbocycles. The number of carboxylic acids is 1. The Hall–Kier alpha value is -0.980. The van der Waals surface area contributed by atoms with Crippen molar-refractivity contribution in [1.29, 1.82) is 0 Å². The molecule has 0 radical (unpaired) electrons. The first-order chi connectivity index (χ1) is 9.30. The van der Waals surface area contributed by atoms with E-state index in [9.17, 15) is 9.90 Å². The Bertz CT molecular complexity index is 487. The molecule has 5 nitrogen and oxygen atoms in total. The minimum Gasteiger partial charge on any atom is -0.477 e. The largest absolute Gasteiger partial charge is 0.477 e.